The van der Waals surface area contributed by atoms with Crippen molar-refractivity contribution in [3.63, 3.8) is 0 Å². The molecule has 0 radical (unpaired) electrons. The Balaban J connectivity index is 2.96. The summed E-state index contributed by atoms with van der Waals surface area (Å²) in [6, 6.07) is 0. The summed E-state index contributed by atoms with van der Waals surface area (Å²) in [5.74, 6) is 1.03. The molecule has 2 heteroatoms. The first kappa shape index (κ1) is 11.3. The van der Waals surface area contributed by atoms with Gasteiger partial charge in [-0.2, -0.15) is 0 Å². The third kappa shape index (κ3) is 2.18. The lowest BCUT2D eigenvalue weighted by Crippen LogP contribution is -2.23. The summed E-state index contributed by atoms with van der Waals surface area (Å²) < 4.78 is 5.53. The molecule has 0 aromatic rings. The molecule has 0 saturated heterocycles. The highest BCUT2D eigenvalue weighted by molar-refractivity contribution is 5.35. The van der Waals surface area contributed by atoms with Crippen molar-refractivity contribution in [1.82, 2.24) is 0 Å². The summed E-state index contributed by atoms with van der Waals surface area (Å²) in [4.78, 5) is 0. The van der Waals surface area contributed by atoms with Crippen molar-refractivity contribution in [3.05, 3.63) is 23.0 Å². The minimum Gasteiger partial charge on any atom is -0.498 e. The second kappa shape index (κ2) is 4.18. The molecule has 2 nitrogen and oxygen atoms in total. The van der Waals surface area contributed by atoms with Crippen molar-refractivity contribution >= 4 is 0 Å². The molecule has 0 aliphatic heterocycles. The van der Waals surface area contributed by atoms with E-state index < -0.39 is 0 Å². The third-order valence-electron chi connectivity index (χ3n) is 2.77. The summed E-state index contributed by atoms with van der Waals surface area (Å²) in [6.07, 6.45) is 2.92. The Kier molecular flexibility index (Phi) is 3.38. The van der Waals surface area contributed by atoms with Gasteiger partial charge in [-0.3, -0.25) is 0 Å². The van der Waals surface area contributed by atoms with Gasteiger partial charge in [0.2, 0.25) is 0 Å². The number of rotatable bonds is 3. The first-order valence-electron chi connectivity index (χ1n) is 5.15. The molecule has 0 atom stereocenters. The van der Waals surface area contributed by atoms with Gasteiger partial charge < -0.3 is 9.84 Å². The van der Waals surface area contributed by atoms with Crippen LogP contribution >= 0.6 is 0 Å². The van der Waals surface area contributed by atoms with Crippen LogP contribution in [0.5, 0.6) is 0 Å². The van der Waals surface area contributed by atoms with Gasteiger partial charge >= 0.3 is 0 Å². The predicted molar refractivity (Wildman–Crippen MR) is 57.9 cm³/mol. The summed E-state index contributed by atoms with van der Waals surface area (Å²) in [5, 5.41) is 9.29. The van der Waals surface area contributed by atoms with E-state index in [0.29, 0.717) is 6.61 Å². The third-order valence-corrected chi connectivity index (χ3v) is 2.77. The molecule has 0 saturated carbocycles. The van der Waals surface area contributed by atoms with E-state index in [2.05, 4.69) is 13.8 Å². The normalized spacial score (nSPS) is 20.8. The first-order valence-corrected chi connectivity index (χ1v) is 5.15. The molecule has 0 fully saturated rings. The van der Waals surface area contributed by atoms with Crippen LogP contribution in [0.2, 0.25) is 0 Å². The van der Waals surface area contributed by atoms with Gasteiger partial charge in [0.25, 0.3) is 0 Å². The van der Waals surface area contributed by atoms with Crippen molar-refractivity contribution in [3.8, 4) is 0 Å². The topological polar surface area (TPSA) is 29.5 Å². The quantitative estimate of drug-likeness (QED) is 0.752. The Labute approximate surface area is 86.3 Å². The molecule has 0 aromatic carbocycles. The molecule has 80 valence electrons. The molecule has 14 heavy (non-hydrogen) atoms. The first-order chi connectivity index (χ1) is 6.51. The van der Waals surface area contributed by atoms with E-state index in [9.17, 15) is 5.11 Å². The van der Waals surface area contributed by atoms with Crippen LogP contribution in [0.1, 0.15) is 34.1 Å². The van der Waals surface area contributed by atoms with E-state index in [1.54, 1.807) is 0 Å². The highest BCUT2D eigenvalue weighted by Crippen LogP contribution is 2.39. The highest BCUT2D eigenvalue weighted by Gasteiger charge is 2.29. The van der Waals surface area contributed by atoms with Crippen molar-refractivity contribution < 1.29 is 9.84 Å². The lowest BCUT2D eigenvalue weighted by Gasteiger charge is -2.33. The van der Waals surface area contributed by atoms with Crippen LogP contribution < -0.4 is 0 Å². The number of aliphatic hydroxyl groups is 1. The standard InChI is InChI=1S/C12H20O2/c1-5-14-10-6-9(2)11(8-13)12(3,4)7-10/h6,13H,5,7-8H2,1-4H3. The van der Waals surface area contributed by atoms with E-state index in [0.717, 1.165) is 23.3 Å². The summed E-state index contributed by atoms with van der Waals surface area (Å²) >= 11 is 0. The van der Waals surface area contributed by atoms with Crippen LogP contribution in [0.3, 0.4) is 0 Å². The van der Waals surface area contributed by atoms with Gasteiger partial charge in [-0.05, 0) is 36.5 Å². The number of hydrogen-bond donors (Lipinski definition) is 1. The lowest BCUT2D eigenvalue weighted by atomic mass is 9.75. The summed E-state index contributed by atoms with van der Waals surface area (Å²) in [7, 11) is 0. The van der Waals surface area contributed by atoms with E-state index in [1.165, 1.54) is 0 Å². The fourth-order valence-corrected chi connectivity index (χ4v) is 2.07. The van der Waals surface area contributed by atoms with E-state index in [1.807, 2.05) is 19.9 Å². The molecule has 1 rings (SSSR count). The molecule has 0 spiro atoms. The monoisotopic (exact) mass is 196 g/mol. The zero-order valence-electron chi connectivity index (χ0n) is 9.55. The summed E-state index contributed by atoms with van der Waals surface area (Å²) in [5.41, 5.74) is 2.30. The van der Waals surface area contributed by atoms with Crippen molar-refractivity contribution in [2.24, 2.45) is 5.41 Å². The largest absolute Gasteiger partial charge is 0.498 e. The van der Waals surface area contributed by atoms with E-state index in [-0.39, 0.29) is 12.0 Å². The molecule has 1 aliphatic rings. The minimum absolute atomic E-state index is 0.0259. The average molecular weight is 196 g/mol. The second-order valence-electron chi connectivity index (χ2n) is 4.42. The number of aliphatic hydroxyl groups excluding tert-OH is 1. The van der Waals surface area contributed by atoms with Crippen molar-refractivity contribution in [1.29, 1.82) is 0 Å². The average Bonchev–Trinajstić information content (AvgIpc) is 2.02. The SMILES string of the molecule is CCOC1=CC(C)=C(CO)C(C)(C)C1. The number of ether oxygens (including phenoxy) is 1. The van der Waals surface area contributed by atoms with Crippen molar-refractivity contribution in [2.75, 3.05) is 13.2 Å². The zero-order chi connectivity index (χ0) is 10.8. The van der Waals surface area contributed by atoms with Crippen molar-refractivity contribution in [2.45, 2.75) is 34.1 Å². The molecular weight excluding hydrogens is 176 g/mol. The van der Waals surface area contributed by atoms with Gasteiger partial charge in [0.05, 0.1) is 19.0 Å². The molecule has 0 aromatic heterocycles. The second-order valence-corrected chi connectivity index (χ2v) is 4.42. The molecule has 0 heterocycles. The van der Waals surface area contributed by atoms with Crippen LogP contribution in [0.15, 0.2) is 23.0 Å². The van der Waals surface area contributed by atoms with Gasteiger partial charge in [0, 0.05) is 6.42 Å². The number of allylic oxidation sites excluding steroid dienone is 3. The zero-order valence-corrected chi connectivity index (χ0v) is 9.55. The molecule has 0 amide bonds. The minimum atomic E-state index is 0.0259. The van der Waals surface area contributed by atoms with Gasteiger partial charge in [0.15, 0.2) is 0 Å². The Hall–Kier alpha value is -0.760. The van der Waals surface area contributed by atoms with Crippen LogP contribution in [-0.4, -0.2) is 18.3 Å². The maximum Gasteiger partial charge on any atom is 0.0970 e. The van der Waals surface area contributed by atoms with Gasteiger partial charge in [-0.25, -0.2) is 0 Å². The Morgan fingerprint density at radius 3 is 2.57 bits per heavy atom. The van der Waals surface area contributed by atoms with Crippen LogP contribution in [0.25, 0.3) is 0 Å². The maximum absolute atomic E-state index is 9.29. The van der Waals surface area contributed by atoms with Gasteiger partial charge in [-0.1, -0.05) is 13.8 Å². The fourth-order valence-electron chi connectivity index (χ4n) is 2.07. The van der Waals surface area contributed by atoms with E-state index in [4.69, 9.17) is 4.74 Å². The molecule has 1 aliphatic carbocycles. The molecule has 0 bridgehead atoms. The maximum atomic E-state index is 9.29. The summed E-state index contributed by atoms with van der Waals surface area (Å²) in [6.45, 7) is 9.18. The predicted octanol–water partition coefficient (Wildman–Crippen LogP) is 2.65. The Bertz CT molecular complexity index is 272. The van der Waals surface area contributed by atoms with E-state index >= 15 is 0 Å². The molecule has 1 N–H and O–H groups in total. The molecule has 0 unspecified atom stereocenters. The van der Waals surface area contributed by atoms with Gasteiger partial charge in [0.1, 0.15) is 0 Å². The van der Waals surface area contributed by atoms with Crippen LogP contribution in [0.4, 0.5) is 0 Å². The Morgan fingerprint density at radius 2 is 2.14 bits per heavy atom. The van der Waals surface area contributed by atoms with Crippen LogP contribution in [0, 0.1) is 5.41 Å². The number of hydrogen-bond acceptors (Lipinski definition) is 2. The molecular formula is C12H20O2. The highest BCUT2D eigenvalue weighted by atomic mass is 16.5. The fraction of sp³-hybridized carbons (Fsp3) is 0.667. The lowest BCUT2D eigenvalue weighted by molar-refractivity contribution is 0.184. The van der Waals surface area contributed by atoms with Gasteiger partial charge in [-0.15, -0.1) is 0 Å². The van der Waals surface area contributed by atoms with Crippen LogP contribution in [-0.2, 0) is 4.74 Å². The smallest absolute Gasteiger partial charge is 0.0970 e. The Morgan fingerprint density at radius 1 is 1.50 bits per heavy atom.